The van der Waals surface area contributed by atoms with E-state index in [9.17, 15) is 18.3 Å². The molecular formula is C19H18ClN3O5S. The van der Waals surface area contributed by atoms with Crippen LogP contribution in [0.1, 0.15) is 17.4 Å². The van der Waals surface area contributed by atoms with Crippen molar-refractivity contribution in [3.8, 4) is 11.5 Å². The molecule has 1 aromatic heterocycles. The number of rotatable bonds is 7. The number of phenolic OH excluding ortho intramolecular Hbond substituents is 1. The Kier molecular flexibility index (Phi) is 6.09. The fourth-order valence-corrected chi connectivity index (χ4v) is 3.50. The van der Waals surface area contributed by atoms with E-state index in [2.05, 4.69) is 10.4 Å². The van der Waals surface area contributed by atoms with Gasteiger partial charge in [0.05, 0.1) is 16.3 Å². The van der Waals surface area contributed by atoms with Gasteiger partial charge in [-0.2, -0.15) is 5.10 Å². The van der Waals surface area contributed by atoms with Crippen LogP contribution >= 0.6 is 11.6 Å². The number of carbonyl (C=O) groups is 1. The van der Waals surface area contributed by atoms with Gasteiger partial charge in [0.2, 0.25) is 0 Å². The number of nitrogens with one attached hydrogen (secondary N) is 1. The van der Waals surface area contributed by atoms with Gasteiger partial charge in [-0.3, -0.25) is 4.79 Å². The second kappa shape index (κ2) is 8.54. The summed E-state index contributed by atoms with van der Waals surface area (Å²) in [6, 6.07) is 12.1. The fraction of sp³-hybridized carbons (Fsp3) is 0.158. The number of nitrogens with zero attached hydrogens (tertiary/aromatic N) is 2. The number of hydrogen-bond donors (Lipinski definition) is 2. The number of phenols is 1. The van der Waals surface area contributed by atoms with Crippen LogP contribution in [0, 0.1) is 0 Å². The molecule has 0 aliphatic rings. The fourth-order valence-electron chi connectivity index (χ4n) is 2.41. The van der Waals surface area contributed by atoms with Gasteiger partial charge in [-0.05, 0) is 42.5 Å². The Morgan fingerprint density at radius 3 is 2.76 bits per heavy atom. The topological polar surface area (TPSA) is 111 Å². The van der Waals surface area contributed by atoms with Crippen molar-refractivity contribution >= 4 is 33.0 Å². The molecule has 0 aliphatic heterocycles. The lowest BCUT2D eigenvalue weighted by Crippen LogP contribution is -2.15. The number of ether oxygens (including phenoxy) is 1. The van der Waals surface area contributed by atoms with Crippen molar-refractivity contribution in [2.45, 2.75) is 18.6 Å². The maximum absolute atomic E-state index is 12.4. The smallest absolute Gasteiger partial charge is 0.276 e. The number of anilines is 1. The Bertz CT molecular complexity index is 1140. The molecule has 29 heavy (non-hydrogen) atoms. The molecule has 0 aliphatic carbocycles. The van der Waals surface area contributed by atoms with Crippen LogP contribution in [0.5, 0.6) is 11.5 Å². The first kappa shape index (κ1) is 20.7. The lowest BCUT2D eigenvalue weighted by Gasteiger charge is -2.09. The third-order valence-corrected chi connectivity index (χ3v) is 5.96. The molecule has 152 valence electrons. The third-order valence-electron chi connectivity index (χ3n) is 3.99. The van der Waals surface area contributed by atoms with Crippen molar-refractivity contribution in [3.05, 3.63) is 65.4 Å². The highest BCUT2D eigenvalue weighted by atomic mass is 35.5. The Morgan fingerprint density at radius 2 is 2.03 bits per heavy atom. The summed E-state index contributed by atoms with van der Waals surface area (Å²) in [5.41, 5.74) is 0.0529. The number of sulfone groups is 1. The van der Waals surface area contributed by atoms with E-state index in [0.29, 0.717) is 10.8 Å². The molecule has 1 amide bonds. The van der Waals surface area contributed by atoms with Crippen LogP contribution in [0.3, 0.4) is 0 Å². The second-order valence-corrected chi connectivity index (χ2v) is 8.72. The molecule has 2 N–H and O–H groups in total. The van der Waals surface area contributed by atoms with Gasteiger partial charge in [-0.15, -0.1) is 0 Å². The predicted octanol–water partition coefficient (Wildman–Crippen LogP) is 3.32. The molecule has 1 heterocycles. The molecule has 8 nitrogen and oxygen atoms in total. The summed E-state index contributed by atoms with van der Waals surface area (Å²) in [6.07, 6.45) is 1.55. The molecule has 3 aromatic rings. The molecular weight excluding hydrogens is 418 g/mol. The monoisotopic (exact) mass is 435 g/mol. The molecule has 0 radical (unpaired) electrons. The summed E-state index contributed by atoms with van der Waals surface area (Å²) in [6.45, 7) is 1.57. The number of aromatic hydroxyl groups is 1. The molecule has 0 unspecified atom stereocenters. The van der Waals surface area contributed by atoms with Gasteiger partial charge < -0.3 is 15.2 Å². The molecule has 0 spiro atoms. The summed E-state index contributed by atoms with van der Waals surface area (Å²) >= 11 is 5.90. The van der Waals surface area contributed by atoms with Crippen LogP contribution < -0.4 is 10.1 Å². The highest BCUT2D eigenvalue weighted by molar-refractivity contribution is 7.91. The minimum Gasteiger partial charge on any atom is -0.506 e. The average molecular weight is 436 g/mol. The van der Waals surface area contributed by atoms with Crippen molar-refractivity contribution in [1.82, 2.24) is 9.78 Å². The van der Waals surface area contributed by atoms with Gasteiger partial charge in [0.15, 0.2) is 22.3 Å². The van der Waals surface area contributed by atoms with Crippen LogP contribution in [-0.4, -0.2) is 35.0 Å². The lowest BCUT2D eigenvalue weighted by molar-refractivity contribution is 0.101. The van der Waals surface area contributed by atoms with E-state index in [1.54, 1.807) is 30.5 Å². The second-order valence-electron chi connectivity index (χ2n) is 6.01. The number of benzene rings is 2. The van der Waals surface area contributed by atoms with Gasteiger partial charge in [-0.25, -0.2) is 13.1 Å². The number of amides is 1. The van der Waals surface area contributed by atoms with Crippen LogP contribution in [0.2, 0.25) is 5.02 Å². The molecule has 0 fully saturated rings. The first-order valence-electron chi connectivity index (χ1n) is 8.57. The quantitative estimate of drug-likeness (QED) is 0.551. The zero-order valence-corrected chi connectivity index (χ0v) is 16.9. The minimum absolute atomic E-state index is 0.00792. The zero-order chi connectivity index (χ0) is 21.0. The maximum Gasteiger partial charge on any atom is 0.276 e. The SMILES string of the molecule is CCS(=O)(=O)c1ccc(O)c(NC(=O)c2ccn(COc3cccc(Cl)c3)n2)c1. The van der Waals surface area contributed by atoms with E-state index in [-0.39, 0.29) is 34.5 Å². The van der Waals surface area contributed by atoms with Gasteiger partial charge in [0.1, 0.15) is 11.5 Å². The largest absolute Gasteiger partial charge is 0.506 e. The van der Waals surface area contributed by atoms with Gasteiger partial charge in [0, 0.05) is 11.2 Å². The van der Waals surface area contributed by atoms with E-state index in [4.69, 9.17) is 16.3 Å². The van der Waals surface area contributed by atoms with Crippen LogP contribution in [0.15, 0.2) is 59.6 Å². The molecule has 0 atom stereocenters. The Balaban J connectivity index is 1.70. The zero-order valence-electron chi connectivity index (χ0n) is 15.4. The Morgan fingerprint density at radius 1 is 1.24 bits per heavy atom. The molecule has 0 saturated carbocycles. The molecule has 0 bridgehead atoms. The van der Waals surface area contributed by atoms with Crippen molar-refractivity contribution in [3.63, 3.8) is 0 Å². The number of hydrogen-bond acceptors (Lipinski definition) is 6. The highest BCUT2D eigenvalue weighted by Crippen LogP contribution is 2.27. The average Bonchev–Trinajstić information content (AvgIpc) is 3.17. The summed E-state index contributed by atoms with van der Waals surface area (Å²) in [4.78, 5) is 12.4. The number of carbonyl (C=O) groups excluding carboxylic acids is 1. The summed E-state index contributed by atoms with van der Waals surface area (Å²) in [5, 5.41) is 17.1. The summed E-state index contributed by atoms with van der Waals surface area (Å²) in [5.74, 6) is -0.398. The lowest BCUT2D eigenvalue weighted by atomic mass is 10.3. The first-order valence-corrected chi connectivity index (χ1v) is 10.6. The van der Waals surface area contributed by atoms with Crippen molar-refractivity contribution < 1.29 is 23.1 Å². The minimum atomic E-state index is -3.48. The molecule has 2 aromatic carbocycles. The van der Waals surface area contributed by atoms with Gasteiger partial charge >= 0.3 is 0 Å². The van der Waals surface area contributed by atoms with Crippen molar-refractivity contribution in [1.29, 1.82) is 0 Å². The molecule has 10 heteroatoms. The first-order chi connectivity index (χ1) is 13.8. The predicted molar refractivity (Wildman–Crippen MR) is 108 cm³/mol. The van der Waals surface area contributed by atoms with Crippen molar-refractivity contribution in [2.75, 3.05) is 11.1 Å². The van der Waals surface area contributed by atoms with E-state index in [0.717, 1.165) is 0 Å². The Labute approximate surface area is 172 Å². The standard InChI is InChI=1S/C19H18ClN3O5S/c1-2-29(26,27)15-6-7-18(24)17(11-15)21-19(25)16-8-9-23(22-16)12-28-14-5-3-4-13(20)10-14/h3-11,24H,2,12H2,1H3,(H,21,25). The van der Waals surface area contributed by atoms with Crippen LogP contribution in [-0.2, 0) is 16.6 Å². The van der Waals surface area contributed by atoms with Crippen LogP contribution in [0.4, 0.5) is 5.69 Å². The van der Waals surface area contributed by atoms with Gasteiger partial charge in [-0.1, -0.05) is 24.6 Å². The van der Waals surface area contributed by atoms with Crippen molar-refractivity contribution in [2.24, 2.45) is 0 Å². The van der Waals surface area contributed by atoms with E-state index < -0.39 is 15.7 Å². The Hall–Kier alpha value is -3.04. The van der Waals surface area contributed by atoms with E-state index in [1.807, 2.05) is 0 Å². The molecule has 0 saturated heterocycles. The highest BCUT2D eigenvalue weighted by Gasteiger charge is 2.17. The van der Waals surface area contributed by atoms with Gasteiger partial charge in [0.25, 0.3) is 5.91 Å². The normalized spacial score (nSPS) is 11.2. The van der Waals surface area contributed by atoms with E-state index >= 15 is 0 Å². The number of aromatic nitrogens is 2. The maximum atomic E-state index is 12.4. The van der Waals surface area contributed by atoms with E-state index in [1.165, 1.54) is 35.9 Å². The van der Waals surface area contributed by atoms with Crippen LogP contribution in [0.25, 0.3) is 0 Å². The molecule has 3 rings (SSSR count). The number of halogens is 1. The summed E-state index contributed by atoms with van der Waals surface area (Å²) < 4.78 is 31.0. The third kappa shape index (κ3) is 5.07. The summed E-state index contributed by atoms with van der Waals surface area (Å²) in [7, 11) is -3.48.